The summed E-state index contributed by atoms with van der Waals surface area (Å²) in [5.41, 5.74) is 0.370. The Kier molecular flexibility index (Phi) is 8.60. The van der Waals surface area contributed by atoms with Gasteiger partial charge in [0.1, 0.15) is 16.9 Å². The highest BCUT2D eigenvalue weighted by Gasteiger charge is 2.24. The van der Waals surface area contributed by atoms with Crippen LogP contribution in [0.1, 0.15) is 40.7 Å². The number of sulfonamides is 1. The number of hydrogen-bond acceptors (Lipinski definition) is 7. The molecule has 1 aliphatic rings. The number of nitrogens with zero attached hydrogens (tertiary/aromatic N) is 3. The Balaban J connectivity index is 1.62. The summed E-state index contributed by atoms with van der Waals surface area (Å²) in [6.45, 7) is 1.08. The maximum atomic E-state index is 13.4. The third-order valence-electron chi connectivity index (χ3n) is 6.45. The maximum absolute atomic E-state index is 13.4. The molecule has 4 rings (SSSR count). The molecule has 0 spiro atoms. The first-order chi connectivity index (χ1) is 18.5. The summed E-state index contributed by atoms with van der Waals surface area (Å²) in [5, 5.41) is 13.5. The highest BCUT2D eigenvalue weighted by Crippen LogP contribution is 2.26. The van der Waals surface area contributed by atoms with Gasteiger partial charge in [-0.25, -0.2) is 17.5 Å². The van der Waals surface area contributed by atoms with Gasteiger partial charge < -0.3 is 19.9 Å². The smallest absolute Gasteiger partial charge is 0.267 e. The number of pyridine rings is 2. The third kappa shape index (κ3) is 6.98. The molecule has 11 nitrogen and oxygen atoms in total. The number of hydrogen-bond donors (Lipinski definition) is 3. The predicted octanol–water partition coefficient (Wildman–Crippen LogP) is 1.12. The molecule has 1 fully saturated rings. The maximum Gasteiger partial charge on any atom is 0.267 e. The topological polar surface area (TPSA) is 151 Å². The fraction of sp³-hybridized carbons (Fsp3) is 0.385. The van der Waals surface area contributed by atoms with E-state index in [9.17, 15) is 32.3 Å². The van der Waals surface area contributed by atoms with Gasteiger partial charge in [-0.3, -0.25) is 19.4 Å². The molecular weight excluding hydrogens is 529 g/mol. The zero-order valence-electron chi connectivity index (χ0n) is 21.4. The Labute approximate surface area is 224 Å². The van der Waals surface area contributed by atoms with E-state index < -0.39 is 32.8 Å². The van der Waals surface area contributed by atoms with E-state index in [0.29, 0.717) is 37.9 Å². The molecule has 0 saturated carbocycles. The van der Waals surface area contributed by atoms with Crippen LogP contribution in [0.25, 0.3) is 11.0 Å². The average Bonchev–Trinajstić information content (AvgIpc) is 3.29. The van der Waals surface area contributed by atoms with Crippen LogP contribution in [-0.2, 0) is 27.8 Å². The molecule has 1 aromatic carbocycles. The number of carbonyl (C=O) groups is 2. The van der Waals surface area contributed by atoms with Gasteiger partial charge in [-0.15, -0.1) is 0 Å². The third-order valence-corrected chi connectivity index (χ3v) is 7.17. The van der Waals surface area contributed by atoms with Crippen LogP contribution in [0.5, 0.6) is 5.75 Å². The van der Waals surface area contributed by atoms with E-state index in [4.69, 9.17) is 0 Å². The Morgan fingerprint density at radius 1 is 1.13 bits per heavy atom. The molecule has 2 aromatic heterocycles. The number of rotatable bonds is 11. The van der Waals surface area contributed by atoms with Crippen molar-refractivity contribution in [2.75, 3.05) is 32.4 Å². The van der Waals surface area contributed by atoms with Crippen molar-refractivity contribution in [1.29, 1.82) is 0 Å². The van der Waals surface area contributed by atoms with E-state index in [2.05, 4.69) is 15.0 Å². The van der Waals surface area contributed by atoms with Crippen LogP contribution in [0, 0.1) is 5.82 Å². The summed E-state index contributed by atoms with van der Waals surface area (Å²) in [6.07, 6.45) is 4.64. The highest BCUT2D eigenvalue weighted by molar-refractivity contribution is 7.88. The molecule has 3 N–H and O–H groups in total. The minimum absolute atomic E-state index is 0.00428. The standard InChI is InChI=1S/C26H30FN5O6S/c1-39(37,38)30-10-13-32-20-15-18(14-17-5-7-19(27)8-6-17)16-29-23(20)24(34)22(26(32)36)25(35)28-9-3-12-31-11-2-4-21(31)33/h5-8,15-16,30,34H,2-4,9-14H2,1H3,(H,28,35). The quantitative estimate of drug-likeness (QED) is 0.298. The normalized spacial score (nSPS) is 13.8. The largest absolute Gasteiger partial charge is 0.505 e. The lowest BCUT2D eigenvalue weighted by molar-refractivity contribution is -0.127. The zero-order valence-corrected chi connectivity index (χ0v) is 22.3. The second-order valence-corrected chi connectivity index (χ2v) is 11.3. The van der Waals surface area contributed by atoms with Gasteiger partial charge in [0.05, 0.1) is 11.8 Å². The molecule has 1 saturated heterocycles. The van der Waals surface area contributed by atoms with Crippen LogP contribution in [-0.4, -0.2) is 72.2 Å². The van der Waals surface area contributed by atoms with E-state index in [1.54, 1.807) is 23.1 Å². The second-order valence-electron chi connectivity index (χ2n) is 9.46. The minimum Gasteiger partial charge on any atom is -0.505 e. The lowest BCUT2D eigenvalue weighted by Gasteiger charge is -2.17. The second kappa shape index (κ2) is 11.9. The van der Waals surface area contributed by atoms with E-state index in [-0.39, 0.29) is 42.4 Å². The Hall–Kier alpha value is -3.84. The number of likely N-dealkylation sites (tertiary alicyclic amines) is 1. The molecular formula is C26H30FN5O6S. The summed E-state index contributed by atoms with van der Waals surface area (Å²) in [7, 11) is -3.54. The van der Waals surface area contributed by atoms with E-state index in [1.807, 2.05) is 0 Å². The number of nitrogens with one attached hydrogen (secondary N) is 2. The van der Waals surface area contributed by atoms with Crippen molar-refractivity contribution in [2.24, 2.45) is 0 Å². The van der Waals surface area contributed by atoms with Crippen molar-refractivity contribution >= 4 is 32.9 Å². The van der Waals surface area contributed by atoms with Gasteiger partial charge in [-0.1, -0.05) is 12.1 Å². The van der Waals surface area contributed by atoms with Gasteiger partial charge in [0.25, 0.3) is 11.5 Å². The van der Waals surface area contributed by atoms with Crippen molar-refractivity contribution < 1.29 is 27.5 Å². The predicted molar refractivity (Wildman–Crippen MR) is 142 cm³/mol. The number of carbonyl (C=O) groups excluding carboxylic acids is 2. The molecule has 0 atom stereocenters. The number of aromatic nitrogens is 2. The summed E-state index contributed by atoms with van der Waals surface area (Å²) in [5.74, 6) is -1.68. The number of halogens is 1. The summed E-state index contributed by atoms with van der Waals surface area (Å²) < 4.78 is 40.0. The molecule has 13 heteroatoms. The molecule has 208 valence electrons. The molecule has 0 unspecified atom stereocenters. The van der Waals surface area contributed by atoms with Gasteiger partial charge in [0.2, 0.25) is 15.9 Å². The van der Waals surface area contributed by atoms with Crippen LogP contribution < -0.4 is 15.6 Å². The van der Waals surface area contributed by atoms with Crippen molar-refractivity contribution in [3.8, 4) is 5.75 Å². The van der Waals surface area contributed by atoms with Crippen LogP contribution in [0.2, 0.25) is 0 Å². The van der Waals surface area contributed by atoms with Crippen LogP contribution in [0.4, 0.5) is 4.39 Å². The first-order valence-corrected chi connectivity index (χ1v) is 14.4. The average molecular weight is 560 g/mol. The molecule has 0 radical (unpaired) electrons. The highest BCUT2D eigenvalue weighted by atomic mass is 32.2. The summed E-state index contributed by atoms with van der Waals surface area (Å²) in [4.78, 5) is 44.2. The number of fused-ring (bicyclic) bond motifs is 1. The zero-order chi connectivity index (χ0) is 28.2. The van der Waals surface area contributed by atoms with Gasteiger partial charge in [-0.2, -0.15) is 0 Å². The molecule has 2 amide bonds. The van der Waals surface area contributed by atoms with Crippen molar-refractivity contribution in [2.45, 2.75) is 32.2 Å². The molecule has 1 aliphatic heterocycles. The fourth-order valence-corrected chi connectivity index (χ4v) is 5.01. The lowest BCUT2D eigenvalue weighted by Crippen LogP contribution is -2.37. The van der Waals surface area contributed by atoms with Crippen molar-refractivity contribution in [3.05, 3.63) is 69.4 Å². The number of amides is 2. The molecule has 0 bridgehead atoms. The van der Waals surface area contributed by atoms with Gasteiger partial charge in [0.15, 0.2) is 5.75 Å². The van der Waals surface area contributed by atoms with Crippen LogP contribution in [0.3, 0.4) is 0 Å². The summed E-state index contributed by atoms with van der Waals surface area (Å²) in [6, 6.07) is 7.52. The molecule has 3 heterocycles. The van der Waals surface area contributed by atoms with Gasteiger partial charge in [-0.05, 0) is 48.6 Å². The van der Waals surface area contributed by atoms with E-state index >= 15 is 0 Å². The number of benzene rings is 1. The Morgan fingerprint density at radius 3 is 2.54 bits per heavy atom. The molecule has 39 heavy (non-hydrogen) atoms. The van der Waals surface area contributed by atoms with E-state index in [1.165, 1.54) is 22.9 Å². The Bertz CT molecular complexity index is 1560. The van der Waals surface area contributed by atoms with E-state index in [0.717, 1.165) is 18.2 Å². The first-order valence-electron chi connectivity index (χ1n) is 12.5. The van der Waals surface area contributed by atoms with Crippen LogP contribution in [0.15, 0.2) is 41.3 Å². The fourth-order valence-electron chi connectivity index (χ4n) is 4.55. The van der Waals surface area contributed by atoms with Crippen LogP contribution >= 0.6 is 0 Å². The summed E-state index contributed by atoms with van der Waals surface area (Å²) >= 11 is 0. The monoisotopic (exact) mass is 559 g/mol. The van der Waals surface area contributed by atoms with Gasteiger partial charge in [0, 0.05) is 45.3 Å². The minimum atomic E-state index is -3.54. The number of aromatic hydroxyl groups is 1. The Morgan fingerprint density at radius 2 is 1.87 bits per heavy atom. The van der Waals surface area contributed by atoms with Crippen molar-refractivity contribution in [1.82, 2.24) is 24.5 Å². The lowest BCUT2D eigenvalue weighted by atomic mass is 10.1. The molecule has 3 aromatic rings. The van der Waals surface area contributed by atoms with Gasteiger partial charge >= 0.3 is 0 Å². The SMILES string of the molecule is CS(=O)(=O)NCCn1c(=O)c(C(=O)NCCCN2CCCC2=O)c(O)c2ncc(Cc3ccc(F)cc3)cc21. The molecule has 0 aliphatic carbocycles. The van der Waals surface area contributed by atoms with Crippen molar-refractivity contribution in [3.63, 3.8) is 0 Å². The first kappa shape index (κ1) is 28.2.